The van der Waals surface area contributed by atoms with Gasteiger partial charge in [0, 0.05) is 11.6 Å². The first-order valence-corrected chi connectivity index (χ1v) is 4.15. The number of fused-ring (bicyclic) bond motifs is 1. The fourth-order valence-corrected chi connectivity index (χ4v) is 1.45. The predicted molar refractivity (Wildman–Crippen MR) is 44.8 cm³/mol. The van der Waals surface area contributed by atoms with Crippen LogP contribution in [0, 0.1) is 11.6 Å². The molecular formula is C9H9F2NO2. The Morgan fingerprint density at radius 1 is 1.43 bits per heavy atom. The van der Waals surface area contributed by atoms with Crippen LogP contribution in [0.5, 0.6) is 5.75 Å². The van der Waals surface area contributed by atoms with Crippen LogP contribution < -0.4 is 10.5 Å². The zero-order chi connectivity index (χ0) is 10.3. The molecule has 0 unspecified atom stereocenters. The lowest BCUT2D eigenvalue weighted by molar-refractivity contribution is 0.0880. The van der Waals surface area contributed by atoms with Crippen molar-refractivity contribution < 1.29 is 18.6 Å². The van der Waals surface area contributed by atoms with Crippen LogP contribution in [-0.2, 0) is 0 Å². The Morgan fingerprint density at radius 2 is 2.14 bits per heavy atom. The maximum atomic E-state index is 13.1. The third-order valence-electron chi connectivity index (χ3n) is 2.18. The van der Waals surface area contributed by atoms with E-state index >= 15 is 0 Å². The van der Waals surface area contributed by atoms with Gasteiger partial charge in [-0.2, -0.15) is 0 Å². The van der Waals surface area contributed by atoms with Crippen molar-refractivity contribution >= 4 is 0 Å². The van der Waals surface area contributed by atoms with Crippen LogP contribution in [-0.4, -0.2) is 17.8 Å². The maximum absolute atomic E-state index is 13.1. The molecule has 3 N–H and O–H groups in total. The van der Waals surface area contributed by atoms with Crippen LogP contribution >= 0.6 is 0 Å². The van der Waals surface area contributed by atoms with Crippen molar-refractivity contribution in [2.75, 3.05) is 6.61 Å². The Hall–Kier alpha value is -1.20. The number of aliphatic hydroxyl groups excluding tert-OH is 1. The molecular weight excluding hydrogens is 192 g/mol. The summed E-state index contributed by atoms with van der Waals surface area (Å²) in [4.78, 5) is 0. The molecule has 1 heterocycles. The van der Waals surface area contributed by atoms with Crippen LogP contribution in [0.15, 0.2) is 12.1 Å². The molecule has 0 saturated heterocycles. The van der Waals surface area contributed by atoms with Crippen molar-refractivity contribution in [2.45, 2.75) is 12.1 Å². The van der Waals surface area contributed by atoms with Gasteiger partial charge < -0.3 is 15.6 Å². The molecule has 1 aliphatic heterocycles. The normalized spacial score (nSPS) is 25.4. The Labute approximate surface area is 79.1 Å². The highest BCUT2D eigenvalue weighted by Crippen LogP contribution is 2.34. The summed E-state index contributed by atoms with van der Waals surface area (Å²) in [5.74, 6) is -1.68. The van der Waals surface area contributed by atoms with Gasteiger partial charge in [0.1, 0.15) is 18.5 Å². The van der Waals surface area contributed by atoms with E-state index in [9.17, 15) is 13.9 Å². The van der Waals surface area contributed by atoms with Gasteiger partial charge in [-0.15, -0.1) is 0 Å². The van der Waals surface area contributed by atoms with E-state index in [0.717, 1.165) is 6.07 Å². The molecule has 14 heavy (non-hydrogen) atoms. The standard InChI is InChI=1S/C9H9F2NO2/c10-4-1-5-8(13)7(12)3-14-9(5)6(11)2-4/h1-2,7-8,13H,3,12H2/t7-,8+/m0/s1. The molecule has 0 spiro atoms. The minimum absolute atomic E-state index is 0.0245. The van der Waals surface area contributed by atoms with Crippen LogP contribution in [0.2, 0.25) is 0 Å². The second-order valence-electron chi connectivity index (χ2n) is 3.23. The Morgan fingerprint density at radius 3 is 2.86 bits per heavy atom. The lowest BCUT2D eigenvalue weighted by Crippen LogP contribution is -2.38. The number of ether oxygens (including phenoxy) is 1. The van der Waals surface area contributed by atoms with Gasteiger partial charge in [-0.1, -0.05) is 0 Å². The summed E-state index contributed by atoms with van der Waals surface area (Å²) in [6, 6.07) is 1.09. The smallest absolute Gasteiger partial charge is 0.168 e. The monoisotopic (exact) mass is 201 g/mol. The van der Waals surface area contributed by atoms with Gasteiger partial charge in [0.25, 0.3) is 0 Å². The molecule has 76 valence electrons. The molecule has 0 aromatic heterocycles. The van der Waals surface area contributed by atoms with Gasteiger partial charge >= 0.3 is 0 Å². The van der Waals surface area contributed by atoms with E-state index in [1.54, 1.807) is 0 Å². The first-order chi connectivity index (χ1) is 6.59. The highest BCUT2D eigenvalue weighted by Gasteiger charge is 2.29. The minimum atomic E-state index is -1.08. The first kappa shape index (κ1) is 9.36. The second-order valence-corrected chi connectivity index (χ2v) is 3.23. The fraction of sp³-hybridized carbons (Fsp3) is 0.333. The number of hydrogen-bond donors (Lipinski definition) is 2. The number of hydrogen-bond acceptors (Lipinski definition) is 3. The molecule has 1 aliphatic rings. The molecule has 1 aromatic carbocycles. The summed E-state index contributed by atoms with van der Waals surface area (Å²) in [7, 11) is 0. The summed E-state index contributed by atoms with van der Waals surface area (Å²) in [6.45, 7) is 0.0245. The highest BCUT2D eigenvalue weighted by atomic mass is 19.1. The quantitative estimate of drug-likeness (QED) is 0.650. The SMILES string of the molecule is N[C@H]1COc2c(F)cc(F)cc2[C@H]1O. The molecule has 0 bridgehead atoms. The number of aliphatic hydroxyl groups is 1. The van der Waals surface area contributed by atoms with E-state index in [-0.39, 0.29) is 17.9 Å². The number of rotatable bonds is 0. The van der Waals surface area contributed by atoms with Crippen LogP contribution in [0.25, 0.3) is 0 Å². The maximum Gasteiger partial charge on any atom is 0.168 e. The lowest BCUT2D eigenvalue weighted by Gasteiger charge is -2.27. The average molecular weight is 201 g/mol. The number of benzene rings is 1. The zero-order valence-electron chi connectivity index (χ0n) is 7.21. The lowest BCUT2D eigenvalue weighted by atomic mass is 9.99. The third kappa shape index (κ3) is 1.34. The molecule has 5 heteroatoms. The Kier molecular flexibility index (Phi) is 2.13. The van der Waals surface area contributed by atoms with Gasteiger partial charge in [-0.3, -0.25) is 0 Å². The molecule has 2 rings (SSSR count). The molecule has 3 nitrogen and oxygen atoms in total. The van der Waals surface area contributed by atoms with Crippen molar-refractivity contribution in [3.63, 3.8) is 0 Å². The summed E-state index contributed by atoms with van der Waals surface area (Å²) in [5.41, 5.74) is 5.54. The van der Waals surface area contributed by atoms with E-state index in [2.05, 4.69) is 0 Å². The fourth-order valence-electron chi connectivity index (χ4n) is 1.45. The van der Waals surface area contributed by atoms with Gasteiger partial charge in [-0.05, 0) is 6.07 Å². The summed E-state index contributed by atoms with van der Waals surface area (Å²) in [5, 5.41) is 9.54. The van der Waals surface area contributed by atoms with Gasteiger partial charge in [-0.25, -0.2) is 8.78 Å². The Bertz CT molecular complexity index is 370. The van der Waals surface area contributed by atoms with E-state index in [1.807, 2.05) is 0 Å². The topological polar surface area (TPSA) is 55.5 Å². The number of nitrogens with two attached hydrogens (primary N) is 1. The minimum Gasteiger partial charge on any atom is -0.488 e. The molecule has 0 radical (unpaired) electrons. The molecule has 1 aromatic rings. The van der Waals surface area contributed by atoms with Crippen LogP contribution in [0.1, 0.15) is 11.7 Å². The average Bonchev–Trinajstić information content (AvgIpc) is 2.12. The second kappa shape index (κ2) is 3.18. The van der Waals surface area contributed by atoms with Gasteiger partial charge in [0.15, 0.2) is 11.6 Å². The zero-order valence-corrected chi connectivity index (χ0v) is 7.21. The first-order valence-electron chi connectivity index (χ1n) is 4.15. The van der Waals surface area contributed by atoms with E-state index in [1.165, 1.54) is 0 Å². The summed E-state index contributed by atoms with van der Waals surface area (Å²) >= 11 is 0. The molecule has 0 amide bonds. The molecule has 0 aliphatic carbocycles. The van der Waals surface area contributed by atoms with E-state index < -0.39 is 23.8 Å². The largest absolute Gasteiger partial charge is 0.488 e. The summed E-state index contributed by atoms with van der Waals surface area (Å²) in [6.07, 6.45) is -1.08. The van der Waals surface area contributed by atoms with Gasteiger partial charge in [0.2, 0.25) is 0 Å². The van der Waals surface area contributed by atoms with Crippen molar-refractivity contribution in [3.8, 4) is 5.75 Å². The van der Waals surface area contributed by atoms with E-state index in [4.69, 9.17) is 10.5 Å². The van der Waals surface area contributed by atoms with Crippen molar-refractivity contribution in [1.29, 1.82) is 0 Å². The molecule has 0 saturated carbocycles. The molecule has 0 fully saturated rings. The Balaban J connectivity index is 2.54. The highest BCUT2D eigenvalue weighted by molar-refractivity contribution is 5.39. The summed E-state index contributed by atoms with van der Waals surface area (Å²) < 4.78 is 30.9. The predicted octanol–water partition coefficient (Wildman–Crippen LogP) is 0.718. The van der Waals surface area contributed by atoms with Crippen LogP contribution in [0.3, 0.4) is 0 Å². The van der Waals surface area contributed by atoms with Crippen molar-refractivity contribution in [3.05, 3.63) is 29.3 Å². The van der Waals surface area contributed by atoms with Crippen molar-refractivity contribution in [1.82, 2.24) is 0 Å². The van der Waals surface area contributed by atoms with Gasteiger partial charge in [0.05, 0.1) is 6.04 Å². The van der Waals surface area contributed by atoms with Crippen molar-refractivity contribution in [2.24, 2.45) is 5.73 Å². The van der Waals surface area contributed by atoms with Crippen LogP contribution in [0.4, 0.5) is 8.78 Å². The number of halogens is 2. The third-order valence-corrected chi connectivity index (χ3v) is 2.18. The van der Waals surface area contributed by atoms with E-state index in [0.29, 0.717) is 6.07 Å². The molecule has 2 atom stereocenters.